The normalized spacial score (nSPS) is 10.4. The quantitative estimate of drug-likeness (QED) is 0.242. The maximum atomic E-state index is 12.2. The number of aliphatic carboxylic acids is 3. The van der Waals surface area contributed by atoms with Gasteiger partial charge in [0.2, 0.25) is 17.7 Å². The molecule has 3 amide bonds. The number of carboxylic acids is 3. The SMILES string of the molecule is NC(=O)c1c(CCC(=O)O)c(C(N)=O)c(CCC(=O)O)c(C(N)=O)c1CCC(=O)O. The fourth-order valence-corrected chi connectivity index (χ4v) is 3.26. The van der Waals surface area contributed by atoms with Gasteiger partial charge in [-0.15, -0.1) is 0 Å². The summed E-state index contributed by atoms with van der Waals surface area (Å²) in [6, 6.07) is 0. The van der Waals surface area contributed by atoms with Crippen molar-refractivity contribution in [2.45, 2.75) is 38.5 Å². The smallest absolute Gasteiger partial charge is 0.303 e. The Morgan fingerprint density at radius 3 is 0.833 bits per heavy atom. The third-order valence-electron chi connectivity index (χ3n) is 4.32. The highest BCUT2D eigenvalue weighted by Crippen LogP contribution is 2.31. The second kappa shape index (κ2) is 10.0. The van der Waals surface area contributed by atoms with Crippen molar-refractivity contribution < 1.29 is 44.1 Å². The van der Waals surface area contributed by atoms with Crippen LogP contribution in [-0.4, -0.2) is 50.9 Å². The van der Waals surface area contributed by atoms with Gasteiger partial charge in [-0.05, 0) is 36.0 Å². The Balaban J connectivity index is 4.07. The molecule has 0 aliphatic rings. The van der Waals surface area contributed by atoms with E-state index in [-0.39, 0.29) is 16.7 Å². The number of hydrogen-bond acceptors (Lipinski definition) is 6. The zero-order chi connectivity index (χ0) is 23.2. The van der Waals surface area contributed by atoms with Gasteiger partial charge >= 0.3 is 17.9 Å². The molecule has 12 nitrogen and oxygen atoms in total. The second-order valence-electron chi connectivity index (χ2n) is 6.33. The Labute approximate surface area is 169 Å². The molecular formula is C18H21N3O9. The van der Waals surface area contributed by atoms with Gasteiger partial charge in [-0.2, -0.15) is 0 Å². The molecule has 0 saturated heterocycles. The molecule has 9 N–H and O–H groups in total. The van der Waals surface area contributed by atoms with Gasteiger partial charge in [0.15, 0.2) is 0 Å². The lowest BCUT2D eigenvalue weighted by atomic mass is 9.81. The third kappa shape index (κ3) is 5.77. The number of rotatable bonds is 12. The van der Waals surface area contributed by atoms with Crippen molar-refractivity contribution in [2.75, 3.05) is 0 Å². The fraction of sp³-hybridized carbons (Fsp3) is 0.333. The first-order valence-electron chi connectivity index (χ1n) is 8.63. The van der Waals surface area contributed by atoms with Crippen molar-refractivity contribution >= 4 is 35.6 Å². The van der Waals surface area contributed by atoms with Crippen LogP contribution in [0.1, 0.15) is 67.0 Å². The van der Waals surface area contributed by atoms with E-state index in [0.717, 1.165) is 0 Å². The molecule has 0 atom stereocenters. The third-order valence-corrected chi connectivity index (χ3v) is 4.32. The summed E-state index contributed by atoms with van der Waals surface area (Å²) in [4.78, 5) is 69.7. The lowest BCUT2D eigenvalue weighted by molar-refractivity contribution is -0.137. The molecule has 1 rings (SSSR count). The van der Waals surface area contributed by atoms with Gasteiger partial charge in [-0.25, -0.2) is 0 Å². The Morgan fingerprint density at radius 2 is 0.700 bits per heavy atom. The number of benzene rings is 1. The van der Waals surface area contributed by atoms with Gasteiger partial charge in [0.05, 0.1) is 0 Å². The number of amides is 3. The van der Waals surface area contributed by atoms with Crippen LogP contribution in [0.25, 0.3) is 0 Å². The van der Waals surface area contributed by atoms with E-state index >= 15 is 0 Å². The first-order chi connectivity index (χ1) is 13.9. The molecule has 0 aliphatic heterocycles. The molecular weight excluding hydrogens is 402 g/mol. The molecule has 1 aromatic carbocycles. The Bertz CT molecular complexity index is 797. The summed E-state index contributed by atoms with van der Waals surface area (Å²) in [5, 5.41) is 27.0. The molecule has 30 heavy (non-hydrogen) atoms. The minimum absolute atomic E-state index is 0.192. The predicted molar refractivity (Wildman–Crippen MR) is 99.9 cm³/mol. The van der Waals surface area contributed by atoms with E-state index < -0.39 is 90.8 Å². The Morgan fingerprint density at radius 1 is 0.500 bits per heavy atom. The summed E-state index contributed by atoms with van der Waals surface area (Å²) in [5.41, 5.74) is 14.4. The molecule has 12 heteroatoms. The molecule has 0 bridgehead atoms. The second-order valence-corrected chi connectivity index (χ2v) is 6.33. The molecule has 0 heterocycles. The summed E-state index contributed by atoms with van der Waals surface area (Å²) >= 11 is 0. The van der Waals surface area contributed by atoms with Crippen LogP contribution in [0.2, 0.25) is 0 Å². The number of nitrogens with two attached hydrogens (primary N) is 3. The monoisotopic (exact) mass is 423 g/mol. The molecule has 162 valence electrons. The highest BCUT2D eigenvalue weighted by Gasteiger charge is 2.31. The van der Waals surface area contributed by atoms with Gasteiger partial charge < -0.3 is 32.5 Å². The van der Waals surface area contributed by atoms with Crippen LogP contribution in [-0.2, 0) is 33.6 Å². The van der Waals surface area contributed by atoms with Crippen molar-refractivity contribution in [3.05, 3.63) is 33.4 Å². The molecule has 0 saturated carbocycles. The number of carbonyl (C=O) groups is 6. The van der Waals surface area contributed by atoms with Crippen molar-refractivity contribution in [2.24, 2.45) is 17.2 Å². The van der Waals surface area contributed by atoms with E-state index in [2.05, 4.69) is 0 Å². The Hall–Kier alpha value is -3.96. The summed E-state index contributed by atoms with van der Waals surface area (Å²) in [5.74, 6) is -7.28. The van der Waals surface area contributed by atoms with Gasteiger partial charge in [0.25, 0.3) is 0 Å². The number of hydrogen-bond donors (Lipinski definition) is 6. The molecule has 0 aliphatic carbocycles. The van der Waals surface area contributed by atoms with Crippen LogP contribution < -0.4 is 17.2 Å². The highest BCUT2D eigenvalue weighted by molar-refractivity contribution is 6.09. The number of carboxylic acid groups (broad SMARTS) is 3. The summed E-state index contributed by atoms with van der Waals surface area (Å²) < 4.78 is 0. The van der Waals surface area contributed by atoms with Crippen molar-refractivity contribution in [1.82, 2.24) is 0 Å². The molecule has 0 fully saturated rings. The van der Waals surface area contributed by atoms with Gasteiger partial charge in [0, 0.05) is 36.0 Å². The summed E-state index contributed by atoms with van der Waals surface area (Å²) in [6.07, 6.45) is -2.84. The largest absolute Gasteiger partial charge is 0.481 e. The van der Waals surface area contributed by atoms with Crippen LogP contribution in [0.3, 0.4) is 0 Å². The van der Waals surface area contributed by atoms with Gasteiger partial charge in [0.1, 0.15) is 0 Å². The minimum atomic E-state index is -1.28. The average molecular weight is 423 g/mol. The first-order valence-corrected chi connectivity index (χ1v) is 8.63. The summed E-state index contributed by atoms with van der Waals surface area (Å²) in [6.45, 7) is 0. The van der Waals surface area contributed by atoms with Crippen LogP contribution in [0.5, 0.6) is 0 Å². The van der Waals surface area contributed by atoms with E-state index in [1.807, 2.05) is 0 Å². The maximum Gasteiger partial charge on any atom is 0.303 e. The van der Waals surface area contributed by atoms with Crippen molar-refractivity contribution in [3.63, 3.8) is 0 Å². The molecule has 0 unspecified atom stereocenters. The predicted octanol–water partition coefficient (Wildman–Crippen LogP) is -0.965. The van der Waals surface area contributed by atoms with Crippen LogP contribution in [0.15, 0.2) is 0 Å². The van der Waals surface area contributed by atoms with E-state index in [0.29, 0.717) is 0 Å². The highest BCUT2D eigenvalue weighted by atomic mass is 16.4. The zero-order valence-electron chi connectivity index (χ0n) is 15.8. The fourth-order valence-electron chi connectivity index (χ4n) is 3.26. The molecule has 0 radical (unpaired) electrons. The van der Waals surface area contributed by atoms with Gasteiger partial charge in [-0.3, -0.25) is 28.8 Å². The molecule has 0 aromatic heterocycles. The van der Waals surface area contributed by atoms with Crippen LogP contribution >= 0.6 is 0 Å². The van der Waals surface area contributed by atoms with E-state index in [9.17, 15) is 28.8 Å². The lowest BCUT2D eigenvalue weighted by Gasteiger charge is -2.23. The number of carbonyl (C=O) groups excluding carboxylic acids is 3. The maximum absolute atomic E-state index is 12.2. The van der Waals surface area contributed by atoms with Gasteiger partial charge in [-0.1, -0.05) is 0 Å². The van der Waals surface area contributed by atoms with E-state index in [1.54, 1.807) is 0 Å². The Kier molecular flexibility index (Phi) is 8.03. The molecule has 1 aromatic rings. The average Bonchev–Trinajstić information content (AvgIpc) is 2.60. The summed E-state index contributed by atoms with van der Waals surface area (Å²) in [7, 11) is 0. The van der Waals surface area contributed by atoms with E-state index in [1.165, 1.54) is 0 Å². The zero-order valence-corrected chi connectivity index (χ0v) is 15.8. The van der Waals surface area contributed by atoms with Crippen molar-refractivity contribution in [3.8, 4) is 0 Å². The van der Waals surface area contributed by atoms with Crippen LogP contribution in [0.4, 0.5) is 0 Å². The van der Waals surface area contributed by atoms with E-state index in [4.69, 9.17) is 32.5 Å². The molecule has 0 spiro atoms. The first kappa shape index (κ1) is 24.1. The minimum Gasteiger partial charge on any atom is -0.481 e. The van der Waals surface area contributed by atoms with Crippen LogP contribution in [0, 0.1) is 0 Å². The number of primary amides is 3. The topological polar surface area (TPSA) is 241 Å². The lowest BCUT2D eigenvalue weighted by Crippen LogP contribution is -2.30. The standard InChI is InChI=1S/C18H21N3O9/c19-16(28)13-7(1-4-10(22)23)14(17(20)29)9(3-6-12(26)27)15(18(21)30)8(13)2-5-11(24)25/h1-6H2,(H2,19,28)(H2,20,29)(H2,21,30)(H,22,23)(H,24,25)(H,26,27). The van der Waals surface area contributed by atoms with Crippen molar-refractivity contribution in [1.29, 1.82) is 0 Å².